The highest BCUT2D eigenvalue weighted by Crippen LogP contribution is 2.33. The van der Waals surface area contributed by atoms with Crippen molar-refractivity contribution in [2.75, 3.05) is 24.7 Å². The van der Waals surface area contributed by atoms with Crippen molar-refractivity contribution in [2.24, 2.45) is 0 Å². The van der Waals surface area contributed by atoms with Gasteiger partial charge in [-0.3, -0.25) is 9.69 Å². The van der Waals surface area contributed by atoms with E-state index in [0.717, 1.165) is 10.7 Å². The second kappa shape index (κ2) is 6.18. The molecule has 2 heterocycles. The highest BCUT2D eigenvalue weighted by atomic mass is 32.2. The van der Waals surface area contributed by atoms with E-state index < -0.39 is 17.7 Å². The summed E-state index contributed by atoms with van der Waals surface area (Å²) in [5, 5.41) is 12.8. The monoisotopic (exact) mass is 322 g/mol. The zero-order chi connectivity index (χ0) is 15.6. The summed E-state index contributed by atoms with van der Waals surface area (Å²) in [6.07, 6.45) is -0.269. The van der Waals surface area contributed by atoms with Crippen molar-refractivity contribution in [3.05, 3.63) is 30.3 Å². The number of aliphatic hydroxyl groups excluding tert-OH is 1. The van der Waals surface area contributed by atoms with Crippen molar-refractivity contribution >= 4 is 23.7 Å². The van der Waals surface area contributed by atoms with Gasteiger partial charge in [0.15, 0.2) is 0 Å². The molecule has 2 N–H and O–H groups in total. The second-order valence-electron chi connectivity index (χ2n) is 5.51. The smallest absolute Gasteiger partial charge is 0.325 e. The Morgan fingerprint density at radius 3 is 2.82 bits per heavy atom. The van der Waals surface area contributed by atoms with Crippen LogP contribution in [0.3, 0.4) is 0 Å². The fourth-order valence-corrected chi connectivity index (χ4v) is 3.97. The van der Waals surface area contributed by atoms with Crippen molar-refractivity contribution in [1.82, 2.24) is 10.2 Å². The van der Waals surface area contributed by atoms with Crippen molar-refractivity contribution < 1.29 is 19.4 Å². The number of nitrogens with zero attached hydrogens (tertiary/aromatic N) is 1. The summed E-state index contributed by atoms with van der Waals surface area (Å²) >= 11 is 1.66. The first-order valence-corrected chi connectivity index (χ1v) is 8.34. The summed E-state index contributed by atoms with van der Waals surface area (Å²) in [7, 11) is 0. The minimum absolute atomic E-state index is 0.0306. The number of nitrogens with one attached hydrogen (secondary N) is 1. The Hall–Kier alpha value is -1.73. The third kappa shape index (κ3) is 2.91. The number of amides is 3. The Labute approximate surface area is 132 Å². The molecule has 3 amide bonds. The Morgan fingerprint density at radius 1 is 1.36 bits per heavy atom. The number of rotatable bonds is 5. The van der Waals surface area contributed by atoms with Crippen LogP contribution in [0.1, 0.15) is 6.42 Å². The fraction of sp³-hybridized carbons (Fsp3) is 0.467. The number of benzene rings is 1. The van der Waals surface area contributed by atoms with E-state index in [1.165, 1.54) is 0 Å². The Balaban J connectivity index is 1.56. The fourth-order valence-electron chi connectivity index (χ4n) is 2.65. The Bertz CT molecular complexity index is 560. The van der Waals surface area contributed by atoms with E-state index in [0.29, 0.717) is 17.9 Å². The van der Waals surface area contributed by atoms with Crippen LogP contribution in [0.25, 0.3) is 0 Å². The molecule has 1 aromatic carbocycles. The molecule has 2 saturated heterocycles. The van der Waals surface area contributed by atoms with Gasteiger partial charge in [0.25, 0.3) is 5.91 Å². The van der Waals surface area contributed by atoms with Crippen LogP contribution >= 0.6 is 11.8 Å². The Morgan fingerprint density at radius 2 is 2.14 bits per heavy atom. The van der Waals surface area contributed by atoms with E-state index in [9.17, 15) is 14.7 Å². The average Bonchev–Trinajstić information content (AvgIpc) is 3.08. The van der Waals surface area contributed by atoms with Crippen molar-refractivity contribution in [3.8, 4) is 5.75 Å². The highest BCUT2D eigenvalue weighted by Gasteiger charge is 2.53. The van der Waals surface area contributed by atoms with Gasteiger partial charge < -0.3 is 15.2 Å². The molecule has 118 valence electrons. The average molecular weight is 322 g/mol. The van der Waals surface area contributed by atoms with E-state index in [4.69, 9.17) is 4.74 Å². The van der Waals surface area contributed by atoms with Crippen LogP contribution < -0.4 is 10.1 Å². The summed E-state index contributed by atoms with van der Waals surface area (Å²) in [5.74, 6) is 1.87. The summed E-state index contributed by atoms with van der Waals surface area (Å²) in [6.45, 7) is -0.0211. The molecule has 2 aliphatic rings. The van der Waals surface area contributed by atoms with Crippen molar-refractivity contribution in [3.63, 3.8) is 0 Å². The molecule has 6 nitrogen and oxygen atoms in total. The van der Waals surface area contributed by atoms with E-state index in [1.807, 2.05) is 18.2 Å². The lowest BCUT2D eigenvalue weighted by Crippen LogP contribution is -2.47. The standard InChI is InChI=1S/C15H18N2O4S/c18-11(9-21-12-4-2-1-3-5-12)8-17-13(19)15(16-14(17)20)6-7-22-10-15/h1-5,11,18H,6-10H2,(H,16,20)/t11-,15-/m0/s1. The summed E-state index contributed by atoms with van der Waals surface area (Å²) < 4.78 is 5.44. The molecule has 7 heteroatoms. The van der Waals surface area contributed by atoms with Crippen LogP contribution in [0.4, 0.5) is 4.79 Å². The topological polar surface area (TPSA) is 78.9 Å². The van der Waals surface area contributed by atoms with Crippen LogP contribution in [0, 0.1) is 0 Å². The van der Waals surface area contributed by atoms with Gasteiger partial charge in [0, 0.05) is 5.75 Å². The minimum atomic E-state index is -0.917. The number of thioether (sulfide) groups is 1. The van der Waals surface area contributed by atoms with Crippen molar-refractivity contribution in [2.45, 2.75) is 18.1 Å². The van der Waals surface area contributed by atoms with Gasteiger partial charge in [0.1, 0.15) is 24.0 Å². The van der Waals surface area contributed by atoms with Gasteiger partial charge in [-0.1, -0.05) is 18.2 Å². The van der Waals surface area contributed by atoms with E-state index >= 15 is 0 Å². The molecule has 2 fully saturated rings. The van der Waals surface area contributed by atoms with E-state index in [-0.39, 0.29) is 19.1 Å². The lowest BCUT2D eigenvalue weighted by molar-refractivity contribution is -0.131. The lowest BCUT2D eigenvalue weighted by Gasteiger charge is -2.21. The number of aliphatic hydroxyl groups is 1. The van der Waals surface area contributed by atoms with E-state index in [2.05, 4.69) is 5.32 Å². The number of β-amino-alcohol motifs (C(OH)–C–C–N with tert-alkyl or cyclic N) is 1. The predicted octanol–water partition coefficient (Wildman–Crippen LogP) is 0.854. The number of carbonyl (C=O) groups excluding carboxylic acids is 2. The van der Waals surface area contributed by atoms with Crippen LogP contribution in [-0.4, -0.2) is 58.2 Å². The number of hydrogen-bond acceptors (Lipinski definition) is 5. The number of urea groups is 1. The number of hydrogen-bond donors (Lipinski definition) is 2. The molecule has 0 aromatic heterocycles. The third-order valence-corrected chi connectivity index (χ3v) is 5.04. The van der Waals surface area contributed by atoms with Crippen molar-refractivity contribution in [1.29, 1.82) is 0 Å². The van der Waals surface area contributed by atoms with Crippen LogP contribution in [0.15, 0.2) is 30.3 Å². The maximum Gasteiger partial charge on any atom is 0.325 e. The predicted molar refractivity (Wildman–Crippen MR) is 82.9 cm³/mol. The van der Waals surface area contributed by atoms with Crippen LogP contribution in [-0.2, 0) is 4.79 Å². The normalized spacial score (nSPS) is 25.6. The minimum Gasteiger partial charge on any atom is -0.491 e. The molecule has 0 radical (unpaired) electrons. The first kappa shape index (κ1) is 15.2. The van der Waals surface area contributed by atoms with Gasteiger partial charge in [0.05, 0.1) is 6.54 Å². The zero-order valence-electron chi connectivity index (χ0n) is 12.0. The molecule has 2 atom stereocenters. The molecule has 1 aromatic rings. The summed E-state index contributed by atoms with van der Waals surface area (Å²) in [5.41, 5.74) is -0.762. The first-order valence-electron chi connectivity index (χ1n) is 7.18. The molecular weight excluding hydrogens is 304 g/mol. The third-order valence-electron chi connectivity index (χ3n) is 3.85. The largest absolute Gasteiger partial charge is 0.491 e. The number of ether oxygens (including phenoxy) is 1. The van der Waals surface area contributed by atoms with E-state index in [1.54, 1.807) is 23.9 Å². The maximum atomic E-state index is 12.4. The second-order valence-corrected chi connectivity index (χ2v) is 6.61. The maximum absolute atomic E-state index is 12.4. The Kier molecular flexibility index (Phi) is 4.26. The van der Waals surface area contributed by atoms with Crippen LogP contribution in [0.2, 0.25) is 0 Å². The van der Waals surface area contributed by atoms with Gasteiger partial charge in [-0.05, 0) is 24.3 Å². The lowest BCUT2D eigenvalue weighted by atomic mass is 9.99. The highest BCUT2D eigenvalue weighted by molar-refractivity contribution is 7.99. The number of imide groups is 1. The molecular formula is C15H18N2O4S. The SMILES string of the molecule is O=C1N[C@]2(CCSC2)C(=O)N1C[C@H](O)COc1ccccc1. The molecule has 2 aliphatic heterocycles. The summed E-state index contributed by atoms with van der Waals surface area (Å²) in [4.78, 5) is 25.5. The molecule has 0 bridgehead atoms. The molecule has 0 saturated carbocycles. The van der Waals surface area contributed by atoms with Gasteiger partial charge in [-0.15, -0.1) is 0 Å². The molecule has 0 aliphatic carbocycles. The molecule has 0 unspecified atom stereocenters. The molecule has 3 rings (SSSR count). The molecule has 22 heavy (non-hydrogen) atoms. The first-order chi connectivity index (χ1) is 10.6. The van der Waals surface area contributed by atoms with Gasteiger partial charge in [0.2, 0.25) is 0 Å². The van der Waals surface area contributed by atoms with Gasteiger partial charge in [-0.2, -0.15) is 11.8 Å². The van der Waals surface area contributed by atoms with Gasteiger partial charge in [-0.25, -0.2) is 4.79 Å². The number of carbonyl (C=O) groups is 2. The quantitative estimate of drug-likeness (QED) is 0.786. The van der Waals surface area contributed by atoms with Gasteiger partial charge >= 0.3 is 6.03 Å². The van der Waals surface area contributed by atoms with Crippen LogP contribution in [0.5, 0.6) is 5.75 Å². The zero-order valence-corrected chi connectivity index (χ0v) is 12.8. The summed E-state index contributed by atoms with van der Waals surface area (Å²) in [6, 6.07) is 8.68. The number of para-hydroxylation sites is 1. The molecule has 1 spiro atoms.